The molecule has 0 spiro atoms. The number of nitrogens with zero attached hydrogens (tertiary/aromatic N) is 2. The Kier molecular flexibility index (Phi) is 2.76. The fourth-order valence-corrected chi connectivity index (χ4v) is 2.07. The number of benzene rings is 1. The maximum atomic E-state index is 9.38. The van der Waals surface area contributed by atoms with Gasteiger partial charge in [0, 0.05) is 0 Å². The monoisotopic (exact) mass is 246 g/mol. The molecule has 0 bridgehead atoms. The van der Waals surface area contributed by atoms with Crippen molar-refractivity contribution in [3.8, 4) is 5.75 Å². The van der Waals surface area contributed by atoms with Crippen molar-refractivity contribution < 1.29 is 14.4 Å². The second-order valence-electron chi connectivity index (χ2n) is 4.49. The molecular formula is C13H14N2O3. The molecule has 1 aromatic carbocycles. The van der Waals surface area contributed by atoms with E-state index in [1.165, 1.54) is 0 Å². The van der Waals surface area contributed by atoms with Gasteiger partial charge in [0.25, 0.3) is 0 Å². The van der Waals surface area contributed by atoms with E-state index in [2.05, 4.69) is 10.1 Å². The van der Waals surface area contributed by atoms with Gasteiger partial charge in [-0.1, -0.05) is 23.4 Å². The number of aromatic nitrogens is 2. The van der Waals surface area contributed by atoms with Gasteiger partial charge in [-0.25, -0.2) is 0 Å². The van der Waals surface area contributed by atoms with E-state index in [1.54, 1.807) is 6.92 Å². The SMILES string of the molecule is CC(O)c1noc(C2COc3ccccc3C2)n1. The minimum Gasteiger partial charge on any atom is -0.492 e. The third-order valence-electron chi connectivity index (χ3n) is 3.06. The maximum Gasteiger partial charge on any atom is 0.233 e. The Morgan fingerprint density at radius 2 is 2.22 bits per heavy atom. The van der Waals surface area contributed by atoms with Crippen LogP contribution in [0.15, 0.2) is 28.8 Å². The van der Waals surface area contributed by atoms with Gasteiger partial charge in [0.1, 0.15) is 18.5 Å². The van der Waals surface area contributed by atoms with E-state index in [-0.39, 0.29) is 5.92 Å². The molecule has 1 aliphatic rings. The van der Waals surface area contributed by atoms with Crippen LogP contribution in [0.2, 0.25) is 0 Å². The summed E-state index contributed by atoms with van der Waals surface area (Å²) in [5.74, 6) is 1.83. The molecule has 2 aromatic rings. The van der Waals surface area contributed by atoms with E-state index in [0.29, 0.717) is 18.3 Å². The molecule has 5 heteroatoms. The van der Waals surface area contributed by atoms with E-state index in [1.807, 2.05) is 24.3 Å². The molecule has 18 heavy (non-hydrogen) atoms. The van der Waals surface area contributed by atoms with Gasteiger partial charge in [-0.05, 0) is 25.0 Å². The molecule has 0 saturated heterocycles. The van der Waals surface area contributed by atoms with Crippen molar-refractivity contribution in [2.45, 2.75) is 25.4 Å². The topological polar surface area (TPSA) is 68.4 Å². The summed E-state index contributed by atoms with van der Waals surface area (Å²) in [5.41, 5.74) is 1.14. The molecule has 2 unspecified atom stereocenters. The van der Waals surface area contributed by atoms with E-state index in [0.717, 1.165) is 17.7 Å². The first-order valence-corrected chi connectivity index (χ1v) is 5.96. The molecule has 0 fully saturated rings. The standard InChI is InChI=1S/C13H14N2O3/c1-8(16)12-14-13(18-15-12)10-6-9-4-2-3-5-11(9)17-7-10/h2-5,8,10,16H,6-7H2,1H3. The second kappa shape index (κ2) is 4.42. The second-order valence-corrected chi connectivity index (χ2v) is 4.49. The first-order valence-electron chi connectivity index (χ1n) is 5.96. The third-order valence-corrected chi connectivity index (χ3v) is 3.06. The summed E-state index contributed by atoms with van der Waals surface area (Å²) < 4.78 is 10.8. The van der Waals surface area contributed by atoms with Crippen molar-refractivity contribution in [1.29, 1.82) is 0 Å². The molecule has 2 heterocycles. The highest BCUT2D eigenvalue weighted by atomic mass is 16.5. The molecule has 0 aliphatic carbocycles. The molecule has 1 aromatic heterocycles. The van der Waals surface area contributed by atoms with Crippen LogP contribution in [0.25, 0.3) is 0 Å². The van der Waals surface area contributed by atoms with Crippen molar-refractivity contribution >= 4 is 0 Å². The quantitative estimate of drug-likeness (QED) is 0.875. The number of ether oxygens (including phenoxy) is 1. The molecule has 3 rings (SSSR count). The van der Waals surface area contributed by atoms with Gasteiger partial charge in [-0.3, -0.25) is 0 Å². The summed E-state index contributed by atoms with van der Waals surface area (Å²) in [6, 6.07) is 7.94. The van der Waals surface area contributed by atoms with Gasteiger partial charge in [0.05, 0.1) is 5.92 Å². The number of aliphatic hydroxyl groups is 1. The van der Waals surface area contributed by atoms with Crippen molar-refractivity contribution in [2.24, 2.45) is 0 Å². The largest absolute Gasteiger partial charge is 0.492 e. The van der Waals surface area contributed by atoms with Crippen LogP contribution >= 0.6 is 0 Å². The molecule has 5 nitrogen and oxygen atoms in total. The third kappa shape index (κ3) is 1.97. The molecule has 2 atom stereocenters. The number of hydrogen-bond acceptors (Lipinski definition) is 5. The van der Waals surface area contributed by atoms with Crippen LogP contribution in [0.3, 0.4) is 0 Å². The Balaban J connectivity index is 1.83. The first-order chi connectivity index (χ1) is 8.74. The molecular weight excluding hydrogens is 232 g/mol. The maximum absolute atomic E-state index is 9.38. The van der Waals surface area contributed by atoms with Crippen LogP contribution in [0.5, 0.6) is 5.75 Å². The molecule has 0 radical (unpaired) electrons. The van der Waals surface area contributed by atoms with Gasteiger partial charge in [-0.15, -0.1) is 0 Å². The number of para-hydroxylation sites is 1. The summed E-state index contributed by atoms with van der Waals surface area (Å²) in [6.07, 6.45) is 0.108. The number of fused-ring (bicyclic) bond motifs is 1. The zero-order chi connectivity index (χ0) is 12.5. The average Bonchev–Trinajstić information content (AvgIpc) is 2.88. The lowest BCUT2D eigenvalue weighted by molar-refractivity contribution is 0.183. The Hall–Kier alpha value is -1.88. The minimum absolute atomic E-state index is 0.0555. The van der Waals surface area contributed by atoms with E-state index >= 15 is 0 Å². The smallest absolute Gasteiger partial charge is 0.233 e. The predicted molar refractivity (Wildman–Crippen MR) is 63.3 cm³/mol. The average molecular weight is 246 g/mol. The lowest BCUT2D eigenvalue weighted by Gasteiger charge is -2.22. The van der Waals surface area contributed by atoms with Crippen LogP contribution in [0.4, 0.5) is 0 Å². The summed E-state index contributed by atoms with van der Waals surface area (Å²) >= 11 is 0. The van der Waals surface area contributed by atoms with Gasteiger partial charge >= 0.3 is 0 Å². The van der Waals surface area contributed by atoms with Crippen LogP contribution in [-0.2, 0) is 6.42 Å². The zero-order valence-corrected chi connectivity index (χ0v) is 10.0. The fourth-order valence-electron chi connectivity index (χ4n) is 2.07. The normalized spacial score (nSPS) is 20.0. The molecule has 0 amide bonds. The van der Waals surface area contributed by atoms with Crippen molar-refractivity contribution in [3.63, 3.8) is 0 Å². The molecule has 0 saturated carbocycles. The molecule has 1 N–H and O–H groups in total. The Morgan fingerprint density at radius 1 is 1.39 bits per heavy atom. The Bertz CT molecular complexity index is 551. The first kappa shape index (κ1) is 11.2. The van der Waals surface area contributed by atoms with Gasteiger partial charge in [0.2, 0.25) is 5.89 Å². The van der Waals surface area contributed by atoms with Crippen LogP contribution in [0.1, 0.15) is 36.2 Å². The van der Waals surface area contributed by atoms with Gasteiger partial charge in [0.15, 0.2) is 5.82 Å². The Morgan fingerprint density at radius 3 is 3.00 bits per heavy atom. The fraction of sp³-hybridized carbons (Fsp3) is 0.385. The van der Waals surface area contributed by atoms with E-state index in [9.17, 15) is 5.11 Å². The highest BCUT2D eigenvalue weighted by Crippen LogP contribution is 2.31. The zero-order valence-electron chi connectivity index (χ0n) is 10.0. The van der Waals surface area contributed by atoms with Gasteiger partial charge in [-0.2, -0.15) is 4.98 Å². The van der Waals surface area contributed by atoms with Crippen LogP contribution in [-0.4, -0.2) is 21.9 Å². The Labute approximate surface area is 104 Å². The van der Waals surface area contributed by atoms with Crippen molar-refractivity contribution in [2.75, 3.05) is 6.61 Å². The minimum atomic E-state index is -0.709. The lowest BCUT2D eigenvalue weighted by Crippen LogP contribution is -2.19. The molecule has 1 aliphatic heterocycles. The van der Waals surface area contributed by atoms with Crippen LogP contribution < -0.4 is 4.74 Å². The van der Waals surface area contributed by atoms with Crippen LogP contribution in [0, 0.1) is 0 Å². The highest BCUT2D eigenvalue weighted by Gasteiger charge is 2.26. The number of rotatable bonds is 2. The summed E-state index contributed by atoms with van der Waals surface area (Å²) in [7, 11) is 0. The summed E-state index contributed by atoms with van der Waals surface area (Å²) in [4.78, 5) is 4.20. The number of hydrogen-bond donors (Lipinski definition) is 1. The predicted octanol–water partition coefficient (Wildman–Crippen LogP) is 1.84. The van der Waals surface area contributed by atoms with E-state index < -0.39 is 6.10 Å². The lowest BCUT2D eigenvalue weighted by atomic mass is 9.97. The summed E-state index contributed by atoms with van der Waals surface area (Å²) in [6.45, 7) is 2.14. The number of aliphatic hydroxyl groups excluding tert-OH is 1. The molecule has 94 valence electrons. The van der Waals surface area contributed by atoms with E-state index in [4.69, 9.17) is 9.26 Å². The van der Waals surface area contributed by atoms with Crippen molar-refractivity contribution in [1.82, 2.24) is 10.1 Å². The van der Waals surface area contributed by atoms with Gasteiger partial charge < -0.3 is 14.4 Å². The summed E-state index contributed by atoms with van der Waals surface area (Å²) in [5, 5.41) is 13.1. The van der Waals surface area contributed by atoms with Crippen molar-refractivity contribution in [3.05, 3.63) is 41.5 Å². The highest BCUT2D eigenvalue weighted by molar-refractivity contribution is 5.36.